The maximum absolute atomic E-state index is 11.9. The van der Waals surface area contributed by atoms with Gasteiger partial charge in [-0.2, -0.15) is 0 Å². The largest absolute Gasteiger partial charge is 0.494 e. The van der Waals surface area contributed by atoms with Gasteiger partial charge in [0.2, 0.25) is 5.91 Å². The van der Waals surface area contributed by atoms with Gasteiger partial charge >= 0.3 is 0 Å². The zero-order valence-electron chi connectivity index (χ0n) is 14.6. The third-order valence-corrected chi connectivity index (χ3v) is 4.01. The maximum Gasteiger partial charge on any atom is 0.234 e. The summed E-state index contributed by atoms with van der Waals surface area (Å²) in [5, 5.41) is 3.68. The molecular formula is C20H25ClN2O2. The Morgan fingerprint density at radius 1 is 1.12 bits per heavy atom. The molecule has 0 saturated heterocycles. The van der Waals surface area contributed by atoms with Crippen LogP contribution in [0.5, 0.6) is 5.75 Å². The maximum atomic E-state index is 11.9. The van der Waals surface area contributed by atoms with Gasteiger partial charge in [-0.25, -0.2) is 0 Å². The van der Waals surface area contributed by atoms with Crippen LogP contribution in [0, 0.1) is 0 Å². The summed E-state index contributed by atoms with van der Waals surface area (Å²) < 4.78 is 5.65. The Morgan fingerprint density at radius 2 is 1.84 bits per heavy atom. The summed E-state index contributed by atoms with van der Waals surface area (Å²) in [6, 6.07) is 17.4. The number of halogens is 1. The molecule has 0 aliphatic carbocycles. The van der Waals surface area contributed by atoms with Crippen molar-refractivity contribution < 1.29 is 9.53 Å². The van der Waals surface area contributed by atoms with Crippen molar-refractivity contribution >= 4 is 17.5 Å². The predicted octanol–water partition coefficient (Wildman–Crippen LogP) is 3.40. The van der Waals surface area contributed by atoms with Crippen molar-refractivity contribution in [2.45, 2.75) is 12.8 Å². The number of carbonyl (C=O) groups excluding carboxylic acids is 1. The van der Waals surface area contributed by atoms with Gasteiger partial charge in [-0.3, -0.25) is 9.69 Å². The lowest BCUT2D eigenvalue weighted by Gasteiger charge is -2.16. The molecule has 0 bridgehead atoms. The summed E-state index contributed by atoms with van der Waals surface area (Å²) >= 11 is 5.86. The van der Waals surface area contributed by atoms with Crippen LogP contribution in [0.25, 0.3) is 0 Å². The van der Waals surface area contributed by atoms with E-state index in [2.05, 4.69) is 5.32 Å². The molecule has 4 nitrogen and oxygen atoms in total. The molecule has 0 spiro atoms. The molecule has 0 aromatic heterocycles. The molecule has 0 radical (unpaired) electrons. The first-order valence-corrected chi connectivity index (χ1v) is 8.89. The molecule has 0 fully saturated rings. The first-order chi connectivity index (χ1) is 12.1. The van der Waals surface area contributed by atoms with Gasteiger partial charge in [0.15, 0.2) is 0 Å². The van der Waals surface area contributed by atoms with Crippen molar-refractivity contribution in [1.29, 1.82) is 0 Å². The molecule has 0 saturated carbocycles. The Morgan fingerprint density at radius 3 is 2.56 bits per heavy atom. The van der Waals surface area contributed by atoms with Crippen LogP contribution in [0.1, 0.15) is 12.0 Å². The minimum atomic E-state index is 0.0421. The monoisotopic (exact) mass is 360 g/mol. The fourth-order valence-corrected chi connectivity index (χ4v) is 2.54. The average molecular weight is 361 g/mol. The number of nitrogens with zero attached hydrogens (tertiary/aromatic N) is 1. The average Bonchev–Trinajstić information content (AvgIpc) is 2.61. The zero-order valence-corrected chi connectivity index (χ0v) is 15.3. The number of para-hydroxylation sites is 1. The van der Waals surface area contributed by atoms with E-state index in [1.807, 2.05) is 66.5 Å². The fraction of sp³-hybridized carbons (Fsp3) is 0.350. The molecule has 0 atom stereocenters. The van der Waals surface area contributed by atoms with Gasteiger partial charge in [0, 0.05) is 18.1 Å². The van der Waals surface area contributed by atoms with Gasteiger partial charge in [-0.1, -0.05) is 41.9 Å². The molecule has 0 heterocycles. The van der Waals surface area contributed by atoms with Crippen LogP contribution in [0.15, 0.2) is 54.6 Å². The molecule has 2 aromatic carbocycles. The zero-order chi connectivity index (χ0) is 17.9. The number of likely N-dealkylation sites (N-methyl/N-ethyl adjacent to an activating group) is 1. The van der Waals surface area contributed by atoms with E-state index in [4.69, 9.17) is 16.3 Å². The highest BCUT2D eigenvalue weighted by atomic mass is 35.5. The van der Waals surface area contributed by atoms with Crippen LogP contribution in [-0.4, -0.2) is 44.1 Å². The first kappa shape index (κ1) is 19.3. The van der Waals surface area contributed by atoms with Gasteiger partial charge in [0.25, 0.3) is 0 Å². The smallest absolute Gasteiger partial charge is 0.234 e. The first-order valence-electron chi connectivity index (χ1n) is 8.51. The van der Waals surface area contributed by atoms with Crippen LogP contribution in [0.2, 0.25) is 5.02 Å². The molecule has 1 N–H and O–H groups in total. The minimum Gasteiger partial charge on any atom is -0.494 e. The molecule has 25 heavy (non-hydrogen) atoms. The standard InChI is InChI=1S/C20H25ClN2O2/c1-23(14-5-15-25-19-6-3-2-4-7-19)16-20(24)22-13-12-17-8-10-18(21)11-9-17/h2-4,6-11H,5,12-16H2,1H3,(H,22,24). The minimum absolute atomic E-state index is 0.0421. The van der Waals surface area contributed by atoms with E-state index in [1.165, 1.54) is 0 Å². The molecule has 1 amide bonds. The number of hydrogen-bond donors (Lipinski definition) is 1. The second-order valence-corrected chi connectivity index (χ2v) is 6.42. The lowest BCUT2D eigenvalue weighted by Crippen LogP contribution is -2.36. The fourth-order valence-electron chi connectivity index (χ4n) is 2.42. The third-order valence-electron chi connectivity index (χ3n) is 3.76. The summed E-state index contributed by atoms with van der Waals surface area (Å²) in [5.41, 5.74) is 1.16. The van der Waals surface area contributed by atoms with Crippen LogP contribution >= 0.6 is 11.6 Å². The van der Waals surface area contributed by atoms with E-state index >= 15 is 0 Å². The summed E-state index contributed by atoms with van der Waals surface area (Å²) in [7, 11) is 1.95. The van der Waals surface area contributed by atoms with Crippen LogP contribution in [-0.2, 0) is 11.2 Å². The molecule has 0 aliphatic rings. The summed E-state index contributed by atoms with van der Waals surface area (Å²) in [6.07, 6.45) is 1.68. The quantitative estimate of drug-likeness (QED) is 0.660. The second-order valence-electron chi connectivity index (χ2n) is 5.98. The van der Waals surface area contributed by atoms with Crippen molar-refractivity contribution in [2.75, 3.05) is 33.3 Å². The molecule has 2 aromatic rings. The van der Waals surface area contributed by atoms with Crippen LogP contribution in [0.3, 0.4) is 0 Å². The van der Waals surface area contributed by atoms with E-state index in [0.29, 0.717) is 19.7 Å². The van der Waals surface area contributed by atoms with Gasteiger partial charge in [0.1, 0.15) is 5.75 Å². The number of rotatable bonds is 10. The predicted molar refractivity (Wildman–Crippen MR) is 102 cm³/mol. The van der Waals surface area contributed by atoms with Crippen LogP contribution in [0.4, 0.5) is 0 Å². The van der Waals surface area contributed by atoms with Gasteiger partial charge in [-0.15, -0.1) is 0 Å². The van der Waals surface area contributed by atoms with Crippen molar-refractivity contribution in [1.82, 2.24) is 10.2 Å². The van der Waals surface area contributed by atoms with E-state index in [1.54, 1.807) is 0 Å². The Bertz CT molecular complexity index is 632. The number of hydrogen-bond acceptors (Lipinski definition) is 3. The highest BCUT2D eigenvalue weighted by Crippen LogP contribution is 2.10. The van der Waals surface area contributed by atoms with Gasteiger partial charge < -0.3 is 10.1 Å². The SMILES string of the molecule is CN(CCCOc1ccccc1)CC(=O)NCCc1ccc(Cl)cc1. The number of ether oxygens (including phenoxy) is 1. The summed E-state index contributed by atoms with van der Waals surface area (Å²) in [6.45, 7) is 2.49. The summed E-state index contributed by atoms with van der Waals surface area (Å²) in [5.74, 6) is 0.922. The highest BCUT2D eigenvalue weighted by molar-refractivity contribution is 6.30. The highest BCUT2D eigenvalue weighted by Gasteiger charge is 2.06. The number of amides is 1. The van der Waals surface area contributed by atoms with E-state index in [9.17, 15) is 4.79 Å². The third kappa shape index (κ3) is 8.05. The van der Waals surface area contributed by atoms with E-state index < -0.39 is 0 Å². The molecule has 5 heteroatoms. The number of carbonyl (C=O) groups is 1. The van der Waals surface area contributed by atoms with Crippen molar-refractivity contribution in [2.24, 2.45) is 0 Å². The number of benzene rings is 2. The second kappa shape index (κ2) is 10.7. The van der Waals surface area contributed by atoms with Crippen molar-refractivity contribution in [3.63, 3.8) is 0 Å². The number of nitrogens with one attached hydrogen (secondary N) is 1. The lowest BCUT2D eigenvalue weighted by molar-refractivity contribution is -0.121. The van der Waals surface area contributed by atoms with Gasteiger partial charge in [-0.05, 0) is 49.7 Å². The van der Waals surface area contributed by atoms with Crippen LogP contribution < -0.4 is 10.1 Å². The Hall–Kier alpha value is -2.04. The van der Waals surface area contributed by atoms with E-state index in [0.717, 1.165) is 35.7 Å². The lowest BCUT2D eigenvalue weighted by atomic mass is 10.1. The normalized spacial score (nSPS) is 10.7. The molecule has 134 valence electrons. The van der Waals surface area contributed by atoms with Gasteiger partial charge in [0.05, 0.1) is 13.2 Å². The Balaban J connectivity index is 1.54. The molecule has 0 aliphatic heterocycles. The Labute approximate surface area is 154 Å². The molecule has 0 unspecified atom stereocenters. The van der Waals surface area contributed by atoms with Crippen molar-refractivity contribution in [3.8, 4) is 5.75 Å². The topological polar surface area (TPSA) is 41.6 Å². The van der Waals surface area contributed by atoms with E-state index in [-0.39, 0.29) is 5.91 Å². The molecular weight excluding hydrogens is 336 g/mol. The molecule has 2 rings (SSSR count). The summed E-state index contributed by atoms with van der Waals surface area (Å²) in [4.78, 5) is 14.0. The Kier molecular flexibility index (Phi) is 8.29. The van der Waals surface area contributed by atoms with Crippen molar-refractivity contribution in [3.05, 3.63) is 65.2 Å².